The molecule has 0 bridgehead atoms. The summed E-state index contributed by atoms with van der Waals surface area (Å²) >= 11 is 4.28. The van der Waals surface area contributed by atoms with Crippen LogP contribution in [0.4, 0.5) is 0 Å². The van der Waals surface area contributed by atoms with Crippen LogP contribution in [0.1, 0.15) is 34.1 Å². The molecule has 0 aliphatic heterocycles. The van der Waals surface area contributed by atoms with E-state index in [-0.39, 0.29) is 17.1 Å². The minimum absolute atomic E-state index is 0.0471. The lowest BCUT2D eigenvalue weighted by Crippen LogP contribution is -2.39. The van der Waals surface area contributed by atoms with Crippen LogP contribution in [0.5, 0.6) is 0 Å². The molecule has 1 amide bonds. The van der Waals surface area contributed by atoms with Crippen LogP contribution < -0.4 is 5.32 Å². The van der Waals surface area contributed by atoms with E-state index in [0.29, 0.717) is 0 Å². The van der Waals surface area contributed by atoms with E-state index in [4.69, 9.17) is 0 Å². The van der Waals surface area contributed by atoms with Gasteiger partial charge in [-0.3, -0.25) is 4.79 Å². The van der Waals surface area contributed by atoms with Crippen molar-refractivity contribution in [3.63, 3.8) is 0 Å². The molecular weight excluding hydrogens is 220 g/mol. The van der Waals surface area contributed by atoms with Crippen LogP contribution in [0.25, 0.3) is 0 Å². The SMILES string of the molecule is CCCN(CC)CCNC(=O)C(S)C(C)C. The number of hydrogen-bond donors (Lipinski definition) is 2. The van der Waals surface area contributed by atoms with Crippen molar-refractivity contribution >= 4 is 18.5 Å². The lowest BCUT2D eigenvalue weighted by molar-refractivity contribution is -0.121. The van der Waals surface area contributed by atoms with E-state index in [0.717, 1.165) is 32.6 Å². The minimum Gasteiger partial charge on any atom is -0.354 e. The molecule has 0 aliphatic rings. The van der Waals surface area contributed by atoms with Gasteiger partial charge < -0.3 is 10.2 Å². The third kappa shape index (κ3) is 6.38. The first kappa shape index (κ1) is 15.8. The zero-order valence-corrected chi connectivity index (χ0v) is 11.9. The Morgan fingerprint density at radius 3 is 2.38 bits per heavy atom. The molecule has 0 aliphatic carbocycles. The molecule has 0 aromatic carbocycles. The number of nitrogens with one attached hydrogen (secondary N) is 1. The molecule has 1 atom stereocenters. The highest BCUT2D eigenvalue weighted by Crippen LogP contribution is 2.08. The van der Waals surface area contributed by atoms with E-state index in [9.17, 15) is 4.79 Å². The summed E-state index contributed by atoms with van der Waals surface area (Å²) < 4.78 is 0. The molecule has 0 heterocycles. The molecule has 0 aromatic rings. The molecule has 1 N–H and O–H groups in total. The zero-order chi connectivity index (χ0) is 12.6. The van der Waals surface area contributed by atoms with Gasteiger partial charge in [-0.2, -0.15) is 12.6 Å². The Hall–Kier alpha value is -0.220. The van der Waals surface area contributed by atoms with Gasteiger partial charge in [0.25, 0.3) is 0 Å². The molecular formula is C12H26N2OS. The number of hydrogen-bond acceptors (Lipinski definition) is 3. The molecule has 96 valence electrons. The van der Waals surface area contributed by atoms with Gasteiger partial charge in [0.05, 0.1) is 5.25 Å². The second kappa shape index (κ2) is 8.88. The highest BCUT2D eigenvalue weighted by molar-refractivity contribution is 7.81. The predicted octanol–water partition coefficient (Wildman–Crippen LogP) is 1.79. The largest absolute Gasteiger partial charge is 0.354 e. The first-order chi connectivity index (χ1) is 7.52. The third-order valence-corrected chi connectivity index (χ3v) is 3.45. The average Bonchev–Trinajstić information content (AvgIpc) is 2.26. The van der Waals surface area contributed by atoms with Gasteiger partial charge in [-0.05, 0) is 25.4 Å². The Bertz CT molecular complexity index is 197. The van der Waals surface area contributed by atoms with E-state index in [1.165, 1.54) is 0 Å². The van der Waals surface area contributed by atoms with Gasteiger partial charge >= 0.3 is 0 Å². The minimum atomic E-state index is -0.193. The molecule has 1 unspecified atom stereocenters. The van der Waals surface area contributed by atoms with E-state index in [1.807, 2.05) is 13.8 Å². The first-order valence-corrected chi connectivity index (χ1v) is 6.72. The van der Waals surface area contributed by atoms with E-state index in [2.05, 4.69) is 36.7 Å². The lowest BCUT2D eigenvalue weighted by Gasteiger charge is -2.20. The number of thiol groups is 1. The maximum Gasteiger partial charge on any atom is 0.233 e. The molecule has 4 heteroatoms. The van der Waals surface area contributed by atoms with E-state index >= 15 is 0 Å². The fraction of sp³-hybridized carbons (Fsp3) is 0.917. The van der Waals surface area contributed by atoms with Crippen LogP contribution in [-0.4, -0.2) is 42.2 Å². The van der Waals surface area contributed by atoms with Crippen LogP contribution in [0.3, 0.4) is 0 Å². The Labute approximate surface area is 105 Å². The lowest BCUT2D eigenvalue weighted by atomic mass is 10.1. The maximum absolute atomic E-state index is 11.6. The predicted molar refractivity (Wildman–Crippen MR) is 73.0 cm³/mol. The Morgan fingerprint density at radius 1 is 1.31 bits per heavy atom. The summed E-state index contributed by atoms with van der Waals surface area (Å²) in [6.07, 6.45) is 1.16. The number of carbonyl (C=O) groups is 1. The average molecular weight is 246 g/mol. The van der Waals surface area contributed by atoms with Crippen molar-refractivity contribution in [3.05, 3.63) is 0 Å². The quantitative estimate of drug-likeness (QED) is 0.640. The van der Waals surface area contributed by atoms with Crippen molar-refractivity contribution in [3.8, 4) is 0 Å². The number of rotatable bonds is 8. The molecule has 0 aromatic heterocycles. The monoisotopic (exact) mass is 246 g/mol. The maximum atomic E-state index is 11.6. The Kier molecular flexibility index (Phi) is 8.76. The van der Waals surface area contributed by atoms with Crippen molar-refractivity contribution in [1.82, 2.24) is 10.2 Å². The molecule has 0 spiro atoms. The third-order valence-electron chi connectivity index (χ3n) is 2.61. The topological polar surface area (TPSA) is 32.3 Å². The normalized spacial score (nSPS) is 13.2. The van der Waals surface area contributed by atoms with E-state index in [1.54, 1.807) is 0 Å². The van der Waals surface area contributed by atoms with Gasteiger partial charge in [-0.25, -0.2) is 0 Å². The van der Waals surface area contributed by atoms with Crippen LogP contribution in [0.15, 0.2) is 0 Å². The highest BCUT2D eigenvalue weighted by Gasteiger charge is 2.16. The second-order valence-electron chi connectivity index (χ2n) is 4.41. The van der Waals surface area contributed by atoms with Crippen molar-refractivity contribution in [2.24, 2.45) is 5.92 Å². The van der Waals surface area contributed by atoms with Crippen molar-refractivity contribution in [1.29, 1.82) is 0 Å². The molecule has 0 rings (SSSR count). The number of amides is 1. The summed E-state index contributed by atoms with van der Waals surface area (Å²) in [6.45, 7) is 12.1. The zero-order valence-electron chi connectivity index (χ0n) is 11.0. The van der Waals surface area contributed by atoms with Crippen LogP contribution in [0, 0.1) is 5.92 Å². The standard InChI is InChI=1S/C12H26N2OS/c1-5-8-14(6-2)9-7-13-12(15)11(16)10(3)4/h10-11,16H,5-9H2,1-4H3,(H,13,15). The summed E-state index contributed by atoms with van der Waals surface area (Å²) in [5, 5.41) is 2.74. The fourth-order valence-electron chi connectivity index (χ4n) is 1.49. The smallest absolute Gasteiger partial charge is 0.233 e. The first-order valence-electron chi connectivity index (χ1n) is 6.21. The van der Waals surface area contributed by atoms with Gasteiger partial charge in [0.15, 0.2) is 0 Å². The van der Waals surface area contributed by atoms with Crippen molar-refractivity contribution < 1.29 is 4.79 Å². The second-order valence-corrected chi connectivity index (χ2v) is 4.97. The summed E-state index contributed by atoms with van der Waals surface area (Å²) in [6, 6.07) is 0. The highest BCUT2D eigenvalue weighted by atomic mass is 32.1. The molecule has 0 saturated carbocycles. The Balaban J connectivity index is 3.75. The summed E-state index contributed by atoms with van der Waals surface area (Å²) in [7, 11) is 0. The van der Waals surface area contributed by atoms with Crippen molar-refractivity contribution in [2.75, 3.05) is 26.2 Å². The molecule has 16 heavy (non-hydrogen) atoms. The number of nitrogens with zero attached hydrogens (tertiary/aromatic N) is 1. The van der Waals surface area contributed by atoms with Gasteiger partial charge in [-0.15, -0.1) is 0 Å². The molecule has 0 fully saturated rings. The summed E-state index contributed by atoms with van der Waals surface area (Å²) in [5.74, 6) is 0.326. The summed E-state index contributed by atoms with van der Waals surface area (Å²) in [4.78, 5) is 13.9. The number of likely N-dealkylation sites (N-methyl/N-ethyl adjacent to an activating group) is 1. The fourth-order valence-corrected chi connectivity index (χ4v) is 1.58. The van der Waals surface area contributed by atoms with Gasteiger partial charge in [0.2, 0.25) is 5.91 Å². The van der Waals surface area contributed by atoms with Gasteiger partial charge in [-0.1, -0.05) is 27.7 Å². The van der Waals surface area contributed by atoms with E-state index < -0.39 is 0 Å². The van der Waals surface area contributed by atoms with Crippen LogP contribution in [-0.2, 0) is 4.79 Å². The molecule has 3 nitrogen and oxygen atoms in total. The van der Waals surface area contributed by atoms with Gasteiger partial charge in [0.1, 0.15) is 0 Å². The number of carbonyl (C=O) groups excluding carboxylic acids is 1. The molecule has 0 saturated heterocycles. The van der Waals surface area contributed by atoms with Crippen LogP contribution >= 0.6 is 12.6 Å². The molecule has 0 radical (unpaired) electrons. The van der Waals surface area contributed by atoms with Crippen LogP contribution in [0.2, 0.25) is 0 Å². The van der Waals surface area contributed by atoms with Crippen molar-refractivity contribution in [2.45, 2.75) is 39.4 Å². The Morgan fingerprint density at radius 2 is 1.94 bits per heavy atom. The summed E-state index contributed by atoms with van der Waals surface area (Å²) in [5.41, 5.74) is 0. The van der Waals surface area contributed by atoms with Gasteiger partial charge in [0, 0.05) is 13.1 Å².